The van der Waals surface area contributed by atoms with Crippen LogP contribution in [0, 0.1) is 0 Å². The van der Waals surface area contributed by atoms with Crippen molar-refractivity contribution >= 4 is 23.2 Å². The zero-order valence-corrected chi connectivity index (χ0v) is 8.96. The number of hydrogen-bond acceptors (Lipinski definition) is 3. The van der Waals surface area contributed by atoms with Crippen LogP contribution in [0.15, 0.2) is 17.2 Å². The van der Waals surface area contributed by atoms with E-state index >= 15 is 0 Å². The number of aromatic nitrogens is 2. The van der Waals surface area contributed by atoms with E-state index in [0.717, 1.165) is 0 Å². The van der Waals surface area contributed by atoms with E-state index in [1.165, 1.54) is 17.0 Å². The van der Waals surface area contributed by atoms with Gasteiger partial charge >= 0.3 is 5.69 Å². The van der Waals surface area contributed by atoms with Gasteiger partial charge in [-0.15, -0.1) is 11.6 Å². The van der Waals surface area contributed by atoms with E-state index in [4.69, 9.17) is 27.9 Å². The van der Waals surface area contributed by atoms with E-state index in [0.29, 0.717) is 30.7 Å². The minimum Gasteiger partial charge on any atom is -0.378 e. The molecule has 0 aliphatic rings. The fourth-order valence-corrected chi connectivity index (χ4v) is 1.18. The number of hydrogen-bond donors (Lipinski definition) is 0. The molecule has 1 aromatic heterocycles. The summed E-state index contributed by atoms with van der Waals surface area (Å²) < 4.78 is 6.52. The molecular weight excluding hydrogens is 227 g/mol. The van der Waals surface area contributed by atoms with Crippen LogP contribution in [0.3, 0.4) is 0 Å². The zero-order chi connectivity index (χ0) is 10.4. The van der Waals surface area contributed by atoms with Gasteiger partial charge in [-0.3, -0.25) is 4.57 Å². The average molecular weight is 237 g/mol. The van der Waals surface area contributed by atoms with Crippen molar-refractivity contribution in [3.63, 3.8) is 0 Å². The van der Waals surface area contributed by atoms with Crippen LogP contribution < -0.4 is 5.69 Å². The highest BCUT2D eigenvalue weighted by Crippen LogP contribution is 2.00. The molecule has 0 saturated heterocycles. The van der Waals surface area contributed by atoms with Gasteiger partial charge in [0, 0.05) is 12.1 Å². The SMILES string of the molecule is O=c1ncc(Cl)cn1CCOCCCl. The molecule has 0 fully saturated rings. The van der Waals surface area contributed by atoms with Crippen molar-refractivity contribution < 1.29 is 4.74 Å². The van der Waals surface area contributed by atoms with Crippen LogP contribution in [0.25, 0.3) is 0 Å². The van der Waals surface area contributed by atoms with Gasteiger partial charge in [-0.05, 0) is 0 Å². The van der Waals surface area contributed by atoms with Gasteiger partial charge in [0.2, 0.25) is 0 Å². The van der Waals surface area contributed by atoms with Gasteiger partial charge in [0.15, 0.2) is 0 Å². The van der Waals surface area contributed by atoms with Gasteiger partial charge in [-0.25, -0.2) is 9.78 Å². The lowest BCUT2D eigenvalue weighted by Gasteiger charge is -2.04. The van der Waals surface area contributed by atoms with Crippen LogP contribution in [0.4, 0.5) is 0 Å². The molecule has 0 saturated carbocycles. The summed E-state index contributed by atoms with van der Waals surface area (Å²) in [4.78, 5) is 14.7. The van der Waals surface area contributed by atoms with Gasteiger partial charge in [-0.2, -0.15) is 0 Å². The third-order valence-electron chi connectivity index (χ3n) is 1.52. The molecule has 0 N–H and O–H groups in total. The Morgan fingerprint density at radius 1 is 1.50 bits per heavy atom. The minimum atomic E-state index is -0.330. The van der Waals surface area contributed by atoms with Crippen LogP contribution in [0.1, 0.15) is 0 Å². The number of ether oxygens (including phenoxy) is 1. The van der Waals surface area contributed by atoms with E-state index in [1.807, 2.05) is 0 Å². The molecule has 4 nitrogen and oxygen atoms in total. The molecule has 0 aromatic carbocycles. The summed E-state index contributed by atoms with van der Waals surface area (Å²) in [5.41, 5.74) is -0.330. The second kappa shape index (κ2) is 6.01. The first-order valence-electron chi connectivity index (χ1n) is 4.09. The number of halogens is 2. The van der Waals surface area contributed by atoms with Crippen molar-refractivity contribution in [3.05, 3.63) is 27.9 Å². The largest absolute Gasteiger partial charge is 0.378 e. The van der Waals surface area contributed by atoms with Crippen molar-refractivity contribution in [2.45, 2.75) is 6.54 Å². The van der Waals surface area contributed by atoms with Gasteiger partial charge in [0.05, 0.1) is 31.0 Å². The molecule has 6 heteroatoms. The second-order valence-corrected chi connectivity index (χ2v) is 3.36. The standard InChI is InChI=1S/C8H10Cl2N2O2/c9-1-3-14-4-2-12-6-7(10)5-11-8(12)13/h5-6H,1-4H2. The van der Waals surface area contributed by atoms with Crippen LogP contribution in [0.2, 0.25) is 5.02 Å². The summed E-state index contributed by atoms with van der Waals surface area (Å²) in [6, 6.07) is 0. The molecule has 0 atom stereocenters. The summed E-state index contributed by atoms with van der Waals surface area (Å²) in [6.07, 6.45) is 2.85. The highest BCUT2D eigenvalue weighted by atomic mass is 35.5. The van der Waals surface area contributed by atoms with E-state index in [2.05, 4.69) is 4.98 Å². The van der Waals surface area contributed by atoms with Crippen LogP contribution in [-0.2, 0) is 11.3 Å². The predicted molar refractivity (Wildman–Crippen MR) is 55.0 cm³/mol. The molecule has 0 bridgehead atoms. The van der Waals surface area contributed by atoms with Crippen LogP contribution >= 0.6 is 23.2 Å². The Morgan fingerprint density at radius 3 is 3.00 bits per heavy atom. The Balaban J connectivity index is 2.49. The fourth-order valence-electron chi connectivity index (χ4n) is 0.908. The van der Waals surface area contributed by atoms with Crippen molar-refractivity contribution in [2.75, 3.05) is 19.1 Å². The monoisotopic (exact) mass is 236 g/mol. The first-order chi connectivity index (χ1) is 6.74. The van der Waals surface area contributed by atoms with Gasteiger partial charge < -0.3 is 4.74 Å². The Bertz CT molecular complexity index is 340. The van der Waals surface area contributed by atoms with E-state index in [-0.39, 0.29) is 5.69 Å². The molecule has 1 aromatic rings. The van der Waals surface area contributed by atoms with Crippen molar-refractivity contribution in [1.82, 2.24) is 9.55 Å². The lowest BCUT2D eigenvalue weighted by atomic mass is 10.6. The molecule has 1 heterocycles. The molecule has 0 radical (unpaired) electrons. The summed E-state index contributed by atoms with van der Waals surface area (Å²) in [7, 11) is 0. The van der Waals surface area contributed by atoms with Gasteiger partial charge in [0.25, 0.3) is 0 Å². The second-order valence-electron chi connectivity index (χ2n) is 2.55. The quantitative estimate of drug-likeness (QED) is 0.570. The van der Waals surface area contributed by atoms with E-state index < -0.39 is 0 Å². The Morgan fingerprint density at radius 2 is 2.29 bits per heavy atom. The molecule has 0 unspecified atom stereocenters. The third kappa shape index (κ3) is 3.65. The maximum Gasteiger partial charge on any atom is 0.347 e. The lowest BCUT2D eigenvalue weighted by molar-refractivity contribution is 0.139. The van der Waals surface area contributed by atoms with Gasteiger partial charge in [-0.1, -0.05) is 11.6 Å². The summed E-state index contributed by atoms with van der Waals surface area (Å²) >= 11 is 11.1. The Kier molecular flexibility index (Phi) is 4.93. The molecule has 0 amide bonds. The first kappa shape index (κ1) is 11.5. The Labute approximate surface area is 91.4 Å². The highest BCUT2D eigenvalue weighted by molar-refractivity contribution is 6.30. The van der Waals surface area contributed by atoms with Crippen molar-refractivity contribution in [2.24, 2.45) is 0 Å². The maximum atomic E-state index is 11.1. The van der Waals surface area contributed by atoms with Gasteiger partial charge in [0.1, 0.15) is 0 Å². The van der Waals surface area contributed by atoms with Crippen molar-refractivity contribution in [3.8, 4) is 0 Å². The smallest absolute Gasteiger partial charge is 0.347 e. The number of rotatable bonds is 5. The molecule has 0 spiro atoms. The highest BCUT2D eigenvalue weighted by Gasteiger charge is 1.97. The number of nitrogens with zero attached hydrogens (tertiary/aromatic N) is 2. The van der Waals surface area contributed by atoms with E-state index in [1.54, 1.807) is 0 Å². The summed E-state index contributed by atoms with van der Waals surface area (Å²) in [5, 5.41) is 0.432. The normalized spacial score (nSPS) is 10.4. The molecule has 0 aliphatic heterocycles. The predicted octanol–water partition coefficient (Wildman–Crippen LogP) is 1.15. The van der Waals surface area contributed by atoms with Crippen LogP contribution in [0.5, 0.6) is 0 Å². The molecule has 1 rings (SSSR count). The zero-order valence-electron chi connectivity index (χ0n) is 7.45. The van der Waals surface area contributed by atoms with Crippen molar-refractivity contribution in [1.29, 1.82) is 0 Å². The third-order valence-corrected chi connectivity index (χ3v) is 1.87. The maximum absolute atomic E-state index is 11.1. The average Bonchev–Trinajstić information content (AvgIpc) is 2.18. The lowest BCUT2D eigenvalue weighted by Crippen LogP contribution is -2.24. The molecular formula is C8H10Cl2N2O2. The molecule has 78 valence electrons. The summed E-state index contributed by atoms with van der Waals surface area (Å²) in [6.45, 7) is 1.34. The minimum absolute atomic E-state index is 0.330. The Hall–Kier alpha value is -0.580. The number of alkyl halides is 1. The topological polar surface area (TPSA) is 44.1 Å². The summed E-state index contributed by atoms with van der Waals surface area (Å²) in [5.74, 6) is 0.447. The van der Waals surface area contributed by atoms with E-state index in [9.17, 15) is 4.79 Å². The fraction of sp³-hybridized carbons (Fsp3) is 0.500. The first-order valence-corrected chi connectivity index (χ1v) is 5.01. The van der Waals surface area contributed by atoms with Crippen LogP contribution in [-0.4, -0.2) is 28.6 Å². The molecule has 0 aliphatic carbocycles. The molecule has 14 heavy (non-hydrogen) atoms.